The van der Waals surface area contributed by atoms with Gasteiger partial charge in [-0.2, -0.15) is 0 Å². The molecule has 2 aromatic rings. The Hall–Kier alpha value is -2.76. The SMILES string of the molecule is O=C(CC1CCN(C(=O)c2ccccc2F)C1)NCc1ccncc1. The van der Waals surface area contributed by atoms with E-state index < -0.39 is 5.82 Å². The van der Waals surface area contributed by atoms with Crippen LogP contribution < -0.4 is 5.32 Å². The fourth-order valence-electron chi connectivity index (χ4n) is 3.02. The van der Waals surface area contributed by atoms with Gasteiger partial charge in [0.1, 0.15) is 5.82 Å². The summed E-state index contributed by atoms with van der Waals surface area (Å²) in [4.78, 5) is 30.0. The quantitative estimate of drug-likeness (QED) is 0.908. The Morgan fingerprint density at radius 1 is 1.20 bits per heavy atom. The summed E-state index contributed by atoms with van der Waals surface area (Å²) in [5.41, 5.74) is 1.08. The molecule has 1 aromatic heterocycles. The number of halogens is 1. The first-order valence-corrected chi connectivity index (χ1v) is 8.33. The van der Waals surface area contributed by atoms with Gasteiger partial charge in [0.05, 0.1) is 5.56 Å². The van der Waals surface area contributed by atoms with Crippen molar-refractivity contribution in [2.75, 3.05) is 13.1 Å². The zero-order chi connectivity index (χ0) is 17.6. The number of benzene rings is 1. The van der Waals surface area contributed by atoms with Gasteiger partial charge in [0.2, 0.25) is 5.91 Å². The average Bonchev–Trinajstić information content (AvgIpc) is 3.09. The van der Waals surface area contributed by atoms with Crippen LogP contribution in [-0.2, 0) is 11.3 Å². The van der Waals surface area contributed by atoms with Crippen molar-refractivity contribution in [2.45, 2.75) is 19.4 Å². The van der Waals surface area contributed by atoms with E-state index in [-0.39, 0.29) is 23.3 Å². The Bertz CT molecular complexity index is 751. The van der Waals surface area contributed by atoms with Crippen LogP contribution in [0.2, 0.25) is 0 Å². The first-order valence-electron chi connectivity index (χ1n) is 8.33. The molecule has 0 aliphatic carbocycles. The molecule has 1 fully saturated rings. The van der Waals surface area contributed by atoms with Crippen molar-refractivity contribution in [3.63, 3.8) is 0 Å². The highest BCUT2D eigenvalue weighted by atomic mass is 19.1. The Morgan fingerprint density at radius 2 is 1.96 bits per heavy atom. The molecule has 1 aliphatic heterocycles. The number of likely N-dealkylation sites (tertiary alicyclic amines) is 1. The highest BCUT2D eigenvalue weighted by Crippen LogP contribution is 2.22. The fraction of sp³-hybridized carbons (Fsp3) is 0.316. The molecule has 1 atom stereocenters. The molecule has 5 nitrogen and oxygen atoms in total. The third kappa shape index (κ3) is 4.41. The molecule has 0 saturated carbocycles. The zero-order valence-electron chi connectivity index (χ0n) is 13.8. The van der Waals surface area contributed by atoms with E-state index in [0.29, 0.717) is 26.1 Å². The van der Waals surface area contributed by atoms with E-state index in [4.69, 9.17) is 0 Å². The predicted octanol–water partition coefficient (Wildman–Crippen LogP) is 2.39. The summed E-state index contributed by atoms with van der Waals surface area (Å²) in [6, 6.07) is 9.69. The van der Waals surface area contributed by atoms with Gasteiger partial charge in [0.15, 0.2) is 0 Å². The number of nitrogens with zero attached hydrogens (tertiary/aromatic N) is 2. The Labute approximate surface area is 145 Å². The van der Waals surface area contributed by atoms with Crippen molar-refractivity contribution in [1.29, 1.82) is 0 Å². The van der Waals surface area contributed by atoms with Crippen molar-refractivity contribution in [3.8, 4) is 0 Å². The highest BCUT2D eigenvalue weighted by molar-refractivity contribution is 5.94. The molecule has 6 heteroatoms. The van der Waals surface area contributed by atoms with Gasteiger partial charge in [-0.1, -0.05) is 12.1 Å². The standard InChI is InChI=1S/C19H20FN3O2/c20-17-4-2-1-3-16(17)19(25)23-10-7-15(13-23)11-18(24)22-12-14-5-8-21-9-6-14/h1-6,8-9,15H,7,10-13H2,(H,22,24). The lowest BCUT2D eigenvalue weighted by molar-refractivity contribution is -0.122. The Morgan fingerprint density at radius 3 is 2.72 bits per heavy atom. The number of carbonyl (C=O) groups excluding carboxylic acids is 2. The molecule has 2 heterocycles. The van der Waals surface area contributed by atoms with E-state index in [1.54, 1.807) is 29.4 Å². The molecule has 3 rings (SSSR count). The van der Waals surface area contributed by atoms with Crippen molar-refractivity contribution in [3.05, 3.63) is 65.7 Å². The molecule has 1 N–H and O–H groups in total. The van der Waals surface area contributed by atoms with Gasteiger partial charge in [-0.25, -0.2) is 4.39 Å². The maximum atomic E-state index is 13.7. The second-order valence-electron chi connectivity index (χ2n) is 6.22. The molecular weight excluding hydrogens is 321 g/mol. The lowest BCUT2D eigenvalue weighted by Gasteiger charge is -2.17. The maximum absolute atomic E-state index is 13.7. The summed E-state index contributed by atoms with van der Waals surface area (Å²) in [6.07, 6.45) is 4.49. The van der Waals surface area contributed by atoms with E-state index in [1.807, 2.05) is 12.1 Å². The minimum atomic E-state index is -0.508. The van der Waals surface area contributed by atoms with Crippen molar-refractivity contribution >= 4 is 11.8 Å². The largest absolute Gasteiger partial charge is 0.352 e. The summed E-state index contributed by atoms with van der Waals surface area (Å²) >= 11 is 0. The lowest BCUT2D eigenvalue weighted by Crippen LogP contribution is -2.30. The number of nitrogens with one attached hydrogen (secondary N) is 1. The fourth-order valence-corrected chi connectivity index (χ4v) is 3.02. The van der Waals surface area contributed by atoms with E-state index in [0.717, 1.165) is 12.0 Å². The summed E-state index contributed by atoms with van der Waals surface area (Å²) < 4.78 is 13.7. The molecule has 2 amide bonds. The van der Waals surface area contributed by atoms with Crippen LogP contribution in [0, 0.1) is 11.7 Å². The number of hydrogen-bond donors (Lipinski definition) is 1. The molecule has 1 unspecified atom stereocenters. The number of hydrogen-bond acceptors (Lipinski definition) is 3. The third-order valence-corrected chi connectivity index (χ3v) is 4.39. The second kappa shape index (κ2) is 7.88. The summed E-state index contributed by atoms with van der Waals surface area (Å²) in [6.45, 7) is 1.50. The average molecular weight is 341 g/mol. The monoisotopic (exact) mass is 341 g/mol. The minimum Gasteiger partial charge on any atom is -0.352 e. The number of carbonyl (C=O) groups is 2. The molecule has 130 valence electrons. The number of rotatable bonds is 5. The summed E-state index contributed by atoms with van der Waals surface area (Å²) in [5.74, 6) is -0.751. The van der Waals surface area contributed by atoms with Crippen molar-refractivity contribution in [1.82, 2.24) is 15.2 Å². The van der Waals surface area contributed by atoms with Crippen LogP contribution in [0.1, 0.15) is 28.8 Å². The topological polar surface area (TPSA) is 62.3 Å². The Kier molecular flexibility index (Phi) is 5.38. The van der Waals surface area contributed by atoms with Crippen LogP contribution >= 0.6 is 0 Å². The molecule has 0 bridgehead atoms. The van der Waals surface area contributed by atoms with Gasteiger partial charge in [-0.3, -0.25) is 14.6 Å². The number of amides is 2. The lowest BCUT2D eigenvalue weighted by atomic mass is 10.0. The highest BCUT2D eigenvalue weighted by Gasteiger charge is 2.29. The van der Waals surface area contributed by atoms with Gasteiger partial charge in [-0.05, 0) is 42.2 Å². The molecule has 0 spiro atoms. The van der Waals surface area contributed by atoms with Gasteiger partial charge in [0.25, 0.3) is 5.91 Å². The second-order valence-corrected chi connectivity index (χ2v) is 6.22. The van der Waals surface area contributed by atoms with Crippen LogP contribution in [-0.4, -0.2) is 34.8 Å². The van der Waals surface area contributed by atoms with E-state index >= 15 is 0 Å². The first-order chi connectivity index (χ1) is 12.1. The van der Waals surface area contributed by atoms with Crippen LogP contribution in [0.5, 0.6) is 0 Å². The van der Waals surface area contributed by atoms with Crippen LogP contribution in [0.3, 0.4) is 0 Å². The van der Waals surface area contributed by atoms with Crippen molar-refractivity contribution < 1.29 is 14.0 Å². The number of pyridine rings is 1. The van der Waals surface area contributed by atoms with Crippen LogP contribution in [0.15, 0.2) is 48.8 Å². The van der Waals surface area contributed by atoms with Gasteiger partial charge < -0.3 is 10.2 Å². The predicted molar refractivity (Wildman–Crippen MR) is 91.1 cm³/mol. The van der Waals surface area contributed by atoms with E-state index in [2.05, 4.69) is 10.3 Å². The molecular formula is C19H20FN3O2. The van der Waals surface area contributed by atoms with Crippen LogP contribution in [0.4, 0.5) is 4.39 Å². The number of aromatic nitrogens is 1. The first kappa shape index (κ1) is 17.1. The minimum absolute atomic E-state index is 0.0398. The van der Waals surface area contributed by atoms with Gasteiger partial charge in [-0.15, -0.1) is 0 Å². The molecule has 1 aliphatic rings. The van der Waals surface area contributed by atoms with E-state index in [9.17, 15) is 14.0 Å². The van der Waals surface area contributed by atoms with E-state index in [1.165, 1.54) is 12.1 Å². The molecule has 1 saturated heterocycles. The summed E-state index contributed by atoms with van der Waals surface area (Å²) in [5, 5.41) is 2.88. The van der Waals surface area contributed by atoms with Gasteiger partial charge >= 0.3 is 0 Å². The molecule has 25 heavy (non-hydrogen) atoms. The molecule has 1 aromatic carbocycles. The zero-order valence-corrected chi connectivity index (χ0v) is 13.8. The molecule has 0 radical (unpaired) electrons. The van der Waals surface area contributed by atoms with Crippen LogP contribution in [0.25, 0.3) is 0 Å². The normalized spacial score (nSPS) is 16.7. The maximum Gasteiger partial charge on any atom is 0.256 e. The van der Waals surface area contributed by atoms with Crippen molar-refractivity contribution in [2.24, 2.45) is 5.92 Å². The summed E-state index contributed by atoms with van der Waals surface area (Å²) in [7, 11) is 0. The smallest absolute Gasteiger partial charge is 0.256 e. The third-order valence-electron chi connectivity index (χ3n) is 4.39. The Balaban J connectivity index is 1.48. The van der Waals surface area contributed by atoms with Gasteiger partial charge in [0, 0.05) is 38.4 Å².